The van der Waals surface area contributed by atoms with Crippen LogP contribution in [0.5, 0.6) is 11.5 Å². The fraction of sp³-hybridized carbons (Fsp3) is 0.333. The van der Waals surface area contributed by atoms with E-state index in [9.17, 15) is 22.8 Å². The first-order valence-electron chi connectivity index (χ1n) is 11.0. The van der Waals surface area contributed by atoms with E-state index < -0.39 is 11.9 Å². The first-order chi connectivity index (χ1) is 16.3. The predicted molar refractivity (Wildman–Crippen MR) is 118 cm³/mol. The summed E-state index contributed by atoms with van der Waals surface area (Å²) in [5.41, 5.74) is -0.224. The van der Waals surface area contributed by atoms with Crippen LogP contribution in [0.15, 0.2) is 48.7 Å². The first kappa shape index (κ1) is 23.5. The molecule has 3 aromatic rings. The van der Waals surface area contributed by atoms with Crippen LogP contribution in [0, 0.1) is 0 Å². The summed E-state index contributed by atoms with van der Waals surface area (Å²) < 4.78 is 43.5. The van der Waals surface area contributed by atoms with Crippen molar-refractivity contribution in [1.29, 1.82) is 0 Å². The number of nitrogens with zero attached hydrogens (tertiary/aromatic N) is 3. The summed E-state index contributed by atoms with van der Waals surface area (Å²) in [4.78, 5) is 34.2. The summed E-state index contributed by atoms with van der Waals surface area (Å²) in [5, 5.41) is 3.42. The van der Waals surface area contributed by atoms with E-state index in [1.807, 2.05) is 4.90 Å². The molecule has 0 saturated carbocycles. The van der Waals surface area contributed by atoms with Crippen molar-refractivity contribution in [2.45, 2.75) is 31.9 Å². The van der Waals surface area contributed by atoms with Gasteiger partial charge in [0.1, 0.15) is 22.9 Å². The molecule has 4 rings (SSSR count). The highest BCUT2D eigenvalue weighted by Gasteiger charge is 2.32. The van der Waals surface area contributed by atoms with Crippen LogP contribution in [0.25, 0.3) is 10.9 Å². The molecule has 1 N–H and O–H groups in total. The van der Waals surface area contributed by atoms with Crippen LogP contribution in [0.1, 0.15) is 41.9 Å². The van der Waals surface area contributed by atoms with Crippen LogP contribution in [-0.4, -0.2) is 46.3 Å². The minimum absolute atomic E-state index is 0.0437. The van der Waals surface area contributed by atoms with Crippen molar-refractivity contribution in [3.8, 4) is 11.5 Å². The van der Waals surface area contributed by atoms with Crippen LogP contribution in [0.4, 0.5) is 13.2 Å². The number of pyridine rings is 2. The Kier molecular flexibility index (Phi) is 6.95. The number of likely N-dealkylation sites (tertiary alicyclic amines) is 1. The third kappa shape index (κ3) is 5.81. The Morgan fingerprint density at radius 3 is 2.47 bits per heavy atom. The van der Waals surface area contributed by atoms with Crippen molar-refractivity contribution in [2.75, 3.05) is 19.6 Å². The number of hydrogen-bond acceptors (Lipinski definition) is 5. The van der Waals surface area contributed by atoms with Gasteiger partial charge in [-0.25, -0.2) is 9.97 Å². The van der Waals surface area contributed by atoms with Gasteiger partial charge in [-0.3, -0.25) is 9.59 Å². The zero-order valence-corrected chi connectivity index (χ0v) is 18.3. The number of hydrogen-bond donors (Lipinski definition) is 1. The molecular weight excluding hydrogens is 449 g/mol. The molecule has 1 aromatic carbocycles. The summed E-state index contributed by atoms with van der Waals surface area (Å²) >= 11 is 0. The SMILES string of the molecule is O=C(NCCC(=O)N1CCCCC1)c1ccc2cc(Oc3ccc(C(F)(F)F)nc3)ccc2n1. The van der Waals surface area contributed by atoms with Crippen LogP contribution in [0.3, 0.4) is 0 Å². The number of carbonyl (C=O) groups excluding carboxylic acids is 2. The van der Waals surface area contributed by atoms with Gasteiger partial charge in [0.05, 0.1) is 11.7 Å². The number of carbonyl (C=O) groups is 2. The number of aromatic nitrogens is 2. The minimum atomic E-state index is -4.51. The molecule has 0 atom stereocenters. The maximum atomic E-state index is 12.6. The molecule has 0 bridgehead atoms. The second-order valence-corrected chi connectivity index (χ2v) is 7.98. The highest BCUT2D eigenvalue weighted by molar-refractivity contribution is 5.95. The third-order valence-corrected chi connectivity index (χ3v) is 5.49. The molecule has 2 amide bonds. The molecule has 0 unspecified atom stereocenters. The maximum absolute atomic E-state index is 12.6. The van der Waals surface area contributed by atoms with Crippen molar-refractivity contribution >= 4 is 22.7 Å². The lowest BCUT2D eigenvalue weighted by molar-refractivity contribution is -0.141. The molecule has 3 heterocycles. The number of piperidine rings is 1. The summed E-state index contributed by atoms with van der Waals surface area (Å²) in [6, 6.07) is 10.2. The fourth-order valence-corrected chi connectivity index (χ4v) is 3.71. The topological polar surface area (TPSA) is 84.4 Å². The van der Waals surface area contributed by atoms with Crippen molar-refractivity contribution in [3.63, 3.8) is 0 Å². The Balaban J connectivity index is 1.35. The second kappa shape index (κ2) is 10.1. The molecule has 178 valence electrons. The maximum Gasteiger partial charge on any atom is 0.433 e. The van der Waals surface area contributed by atoms with Gasteiger partial charge in [0.15, 0.2) is 0 Å². The molecule has 10 heteroatoms. The quantitative estimate of drug-likeness (QED) is 0.568. The van der Waals surface area contributed by atoms with Crippen molar-refractivity contribution in [2.24, 2.45) is 0 Å². The zero-order chi connectivity index (χ0) is 24.1. The lowest BCUT2D eigenvalue weighted by Gasteiger charge is -2.26. The van der Waals surface area contributed by atoms with Gasteiger partial charge in [-0.2, -0.15) is 13.2 Å². The molecule has 1 fully saturated rings. The van der Waals surface area contributed by atoms with Crippen LogP contribution in [-0.2, 0) is 11.0 Å². The molecular formula is C24H23F3N4O3. The number of benzene rings is 1. The Morgan fingerprint density at radius 1 is 1.00 bits per heavy atom. The number of ether oxygens (including phenoxy) is 1. The average molecular weight is 472 g/mol. The Morgan fingerprint density at radius 2 is 1.76 bits per heavy atom. The molecule has 1 aliphatic rings. The number of fused-ring (bicyclic) bond motifs is 1. The number of nitrogens with one attached hydrogen (secondary N) is 1. The highest BCUT2D eigenvalue weighted by atomic mass is 19.4. The van der Waals surface area contributed by atoms with Crippen LogP contribution in [0.2, 0.25) is 0 Å². The normalized spacial score (nSPS) is 14.1. The van der Waals surface area contributed by atoms with E-state index >= 15 is 0 Å². The summed E-state index contributed by atoms with van der Waals surface area (Å²) in [6.07, 6.45) is -0.0677. The van der Waals surface area contributed by atoms with E-state index in [-0.39, 0.29) is 36.2 Å². The van der Waals surface area contributed by atoms with Gasteiger partial charge in [0.2, 0.25) is 5.91 Å². The van der Waals surface area contributed by atoms with Crippen LogP contribution < -0.4 is 10.1 Å². The van der Waals surface area contributed by atoms with Gasteiger partial charge < -0.3 is 15.0 Å². The molecule has 0 aliphatic carbocycles. The molecule has 0 radical (unpaired) electrons. The zero-order valence-electron chi connectivity index (χ0n) is 18.3. The highest BCUT2D eigenvalue weighted by Crippen LogP contribution is 2.30. The number of halogens is 3. The standard InChI is InChI=1S/C24H23F3N4O3/c25-24(26,27)21-9-6-18(15-29-21)34-17-5-8-19-16(14-17)4-7-20(30-19)23(33)28-11-10-22(32)31-12-2-1-3-13-31/h4-9,14-15H,1-3,10-13H2,(H,28,33). The van der Waals surface area contributed by atoms with E-state index in [1.54, 1.807) is 30.3 Å². The van der Waals surface area contributed by atoms with E-state index in [1.165, 1.54) is 6.07 Å². The van der Waals surface area contributed by atoms with Gasteiger partial charge in [-0.15, -0.1) is 0 Å². The van der Waals surface area contributed by atoms with Gasteiger partial charge in [0, 0.05) is 31.4 Å². The summed E-state index contributed by atoms with van der Waals surface area (Å²) in [5.74, 6) is 0.228. The lowest BCUT2D eigenvalue weighted by Crippen LogP contribution is -2.37. The second-order valence-electron chi connectivity index (χ2n) is 7.98. The number of rotatable bonds is 6. The summed E-state index contributed by atoms with van der Waals surface area (Å²) in [7, 11) is 0. The molecule has 1 saturated heterocycles. The first-order valence-corrected chi connectivity index (χ1v) is 11.0. The van der Waals surface area contributed by atoms with Gasteiger partial charge in [0.25, 0.3) is 5.91 Å². The van der Waals surface area contributed by atoms with Gasteiger partial charge >= 0.3 is 6.18 Å². The Bertz CT molecular complexity index is 1180. The molecule has 2 aromatic heterocycles. The smallest absolute Gasteiger partial charge is 0.433 e. The lowest BCUT2D eigenvalue weighted by atomic mass is 10.1. The van der Waals surface area contributed by atoms with Crippen molar-refractivity contribution in [1.82, 2.24) is 20.2 Å². The molecule has 1 aliphatic heterocycles. The van der Waals surface area contributed by atoms with E-state index in [4.69, 9.17) is 4.74 Å². The fourth-order valence-electron chi connectivity index (χ4n) is 3.71. The monoisotopic (exact) mass is 472 g/mol. The summed E-state index contributed by atoms with van der Waals surface area (Å²) in [6.45, 7) is 1.79. The van der Waals surface area contributed by atoms with E-state index in [2.05, 4.69) is 15.3 Å². The minimum Gasteiger partial charge on any atom is -0.456 e. The van der Waals surface area contributed by atoms with E-state index in [0.29, 0.717) is 16.7 Å². The number of amides is 2. The molecule has 34 heavy (non-hydrogen) atoms. The van der Waals surface area contributed by atoms with Crippen molar-refractivity contribution in [3.05, 3.63) is 60.0 Å². The number of alkyl halides is 3. The largest absolute Gasteiger partial charge is 0.456 e. The molecule has 0 spiro atoms. The van der Waals surface area contributed by atoms with Crippen LogP contribution >= 0.6 is 0 Å². The van der Waals surface area contributed by atoms with Gasteiger partial charge in [-0.05, 0) is 55.7 Å². The predicted octanol–water partition coefficient (Wildman–Crippen LogP) is 4.57. The van der Waals surface area contributed by atoms with E-state index in [0.717, 1.165) is 44.6 Å². The Labute approximate surface area is 193 Å². The van der Waals surface area contributed by atoms with Crippen molar-refractivity contribution < 1.29 is 27.5 Å². The van der Waals surface area contributed by atoms with Gasteiger partial charge in [-0.1, -0.05) is 6.07 Å². The molecule has 7 nitrogen and oxygen atoms in total. The third-order valence-electron chi connectivity index (χ3n) is 5.49. The Hall–Kier alpha value is -3.69. The average Bonchev–Trinajstić information content (AvgIpc) is 2.84.